The van der Waals surface area contributed by atoms with Gasteiger partial charge in [-0.3, -0.25) is 0 Å². The number of aliphatic hydroxyl groups excluding tert-OH is 1. The lowest BCUT2D eigenvalue weighted by molar-refractivity contribution is -0.159. The van der Waals surface area contributed by atoms with Crippen LogP contribution >= 0.6 is 0 Å². The van der Waals surface area contributed by atoms with Gasteiger partial charge in [-0.2, -0.15) is 0 Å². The average Bonchev–Trinajstić information content (AvgIpc) is 3.11. The molecule has 0 spiro atoms. The highest BCUT2D eigenvalue weighted by molar-refractivity contribution is 6.27. The number of aromatic nitrogens is 1. The molecule has 0 amide bonds. The van der Waals surface area contributed by atoms with Crippen molar-refractivity contribution in [2.24, 2.45) is 0 Å². The van der Waals surface area contributed by atoms with E-state index in [0.717, 1.165) is 26.1 Å². The first kappa shape index (κ1) is 23.1. The lowest BCUT2D eigenvalue weighted by Gasteiger charge is -2.17. The summed E-state index contributed by atoms with van der Waals surface area (Å²) in [4.78, 5) is 32.3. The molecule has 1 unspecified atom stereocenters. The van der Waals surface area contributed by atoms with Gasteiger partial charge < -0.3 is 29.5 Å². The maximum absolute atomic E-state index is 11.9. The molecular formula is C18H24N2O8. The number of aliphatic carboxylic acids is 2. The zero-order chi connectivity index (χ0) is 21.1. The van der Waals surface area contributed by atoms with Gasteiger partial charge in [-0.1, -0.05) is 31.1 Å². The average molecular weight is 396 g/mol. The van der Waals surface area contributed by atoms with Gasteiger partial charge in [0.05, 0.1) is 6.61 Å². The molecular weight excluding hydrogens is 372 g/mol. The maximum atomic E-state index is 11.9. The molecule has 0 saturated carbocycles. The van der Waals surface area contributed by atoms with Crippen molar-refractivity contribution in [3.05, 3.63) is 30.0 Å². The number of carbonyl (C=O) groups excluding carboxylic acids is 1. The Kier molecular flexibility index (Phi) is 9.61. The summed E-state index contributed by atoms with van der Waals surface area (Å²) in [5, 5.41) is 29.2. The molecule has 2 aromatic rings. The summed E-state index contributed by atoms with van der Waals surface area (Å²) in [6, 6.07) is 7.08. The predicted octanol–water partition coefficient (Wildman–Crippen LogP) is 1.29. The van der Waals surface area contributed by atoms with E-state index in [4.69, 9.17) is 29.1 Å². The van der Waals surface area contributed by atoms with E-state index in [9.17, 15) is 9.90 Å². The SMILES string of the molecule is CCN(CC)CCCOC(=O)C(O)c1noc2ccccc12.O=C(O)C(=O)O. The first-order valence-electron chi connectivity index (χ1n) is 8.69. The number of carboxylic acids is 2. The van der Waals surface area contributed by atoms with Gasteiger partial charge in [0.1, 0.15) is 5.69 Å². The van der Waals surface area contributed by atoms with E-state index in [1.807, 2.05) is 0 Å². The van der Waals surface area contributed by atoms with Crippen LogP contribution < -0.4 is 0 Å². The second-order valence-corrected chi connectivity index (χ2v) is 5.62. The third kappa shape index (κ3) is 6.97. The normalized spacial score (nSPS) is 11.6. The summed E-state index contributed by atoms with van der Waals surface area (Å²) in [5.74, 6) is -4.34. The summed E-state index contributed by atoms with van der Waals surface area (Å²) < 4.78 is 10.2. The molecule has 1 atom stereocenters. The van der Waals surface area contributed by atoms with Crippen molar-refractivity contribution in [1.29, 1.82) is 0 Å². The molecule has 3 N–H and O–H groups in total. The summed E-state index contributed by atoms with van der Waals surface area (Å²) in [5.41, 5.74) is 0.732. The van der Waals surface area contributed by atoms with Crippen molar-refractivity contribution in [2.45, 2.75) is 26.4 Å². The van der Waals surface area contributed by atoms with Gasteiger partial charge in [0.2, 0.25) is 0 Å². The van der Waals surface area contributed by atoms with Crippen molar-refractivity contribution in [2.75, 3.05) is 26.2 Å². The van der Waals surface area contributed by atoms with Crippen molar-refractivity contribution in [1.82, 2.24) is 10.1 Å². The topological polar surface area (TPSA) is 150 Å². The van der Waals surface area contributed by atoms with Crippen LogP contribution in [0.4, 0.5) is 0 Å². The van der Waals surface area contributed by atoms with Crippen molar-refractivity contribution in [3.8, 4) is 0 Å². The molecule has 1 aromatic carbocycles. The smallest absolute Gasteiger partial charge is 0.414 e. The fourth-order valence-corrected chi connectivity index (χ4v) is 2.29. The van der Waals surface area contributed by atoms with Crippen LogP contribution in [0, 0.1) is 0 Å². The van der Waals surface area contributed by atoms with Gasteiger partial charge in [0, 0.05) is 11.9 Å². The summed E-state index contributed by atoms with van der Waals surface area (Å²) in [7, 11) is 0. The van der Waals surface area contributed by atoms with Crippen LogP contribution in [0.3, 0.4) is 0 Å². The molecule has 1 heterocycles. The number of para-hydroxylation sites is 1. The third-order valence-corrected chi connectivity index (χ3v) is 3.83. The Hall–Kier alpha value is -2.98. The zero-order valence-corrected chi connectivity index (χ0v) is 15.7. The lowest BCUT2D eigenvalue weighted by Crippen LogP contribution is -2.25. The number of carbonyl (C=O) groups is 3. The molecule has 0 aliphatic carbocycles. The molecule has 1 aromatic heterocycles. The number of hydrogen-bond donors (Lipinski definition) is 3. The monoisotopic (exact) mass is 396 g/mol. The Balaban J connectivity index is 0.000000568. The highest BCUT2D eigenvalue weighted by Gasteiger charge is 2.25. The van der Waals surface area contributed by atoms with E-state index in [1.165, 1.54) is 0 Å². The second-order valence-electron chi connectivity index (χ2n) is 5.62. The number of ether oxygens (including phenoxy) is 1. The number of aliphatic hydroxyl groups is 1. The highest BCUT2D eigenvalue weighted by Crippen LogP contribution is 2.24. The van der Waals surface area contributed by atoms with Gasteiger partial charge in [-0.15, -0.1) is 0 Å². The molecule has 2 rings (SSSR count). The molecule has 0 saturated heterocycles. The minimum atomic E-state index is -1.82. The zero-order valence-electron chi connectivity index (χ0n) is 15.7. The van der Waals surface area contributed by atoms with E-state index in [2.05, 4.69) is 23.9 Å². The Labute approximate surface area is 161 Å². The second kappa shape index (κ2) is 11.7. The van der Waals surface area contributed by atoms with E-state index >= 15 is 0 Å². The van der Waals surface area contributed by atoms with Crippen molar-refractivity contribution in [3.63, 3.8) is 0 Å². The number of rotatable bonds is 8. The minimum Gasteiger partial charge on any atom is -0.473 e. The Bertz CT molecular complexity index is 773. The van der Waals surface area contributed by atoms with Crippen LogP contribution in [0.2, 0.25) is 0 Å². The first-order valence-corrected chi connectivity index (χ1v) is 8.69. The molecule has 0 fully saturated rings. The Morgan fingerprint density at radius 2 is 1.75 bits per heavy atom. The third-order valence-electron chi connectivity index (χ3n) is 3.83. The molecule has 28 heavy (non-hydrogen) atoms. The maximum Gasteiger partial charge on any atom is 0.414 e. The molecule has 10 heteroatoms. The standard InChI is InChI=1S/C16H22N2O4.C2H2O4/c1-3-18(4-2)10-7-11-21-16(20)15(19)14-12-8-5-6-9-13(12)22-17-14;3-1(4)2(5)6/h5-6,8-9,15,19H,3-4,7,10-11H2,1-2H3;(H,3,4)(H,5,6). The Morgan fingerprint density at radius 3 is 2.32 bits per heavy atom. The van der Waals surface area contributed by atoms with Crippen LogP contribution in [0.5, 0.6) is 0 Å². The number of hydrogen-bond acceptors (Lipinski definition) is 8. The fourth-order valence-electron chi connectivity index (χ4n) is 2.29. The van der Waals surface area contributed by atoms with Crippen molar-refractivity contribution < 1.29 is 39.0 Å². The molecule has 0 radical (unpaired) electrons. The molecule has 0 bridgehead atoms. The predicted molar refractivity (Wildman–Crippen MR) is 97.6 cm³/mol. The Morgan fingerprint density at radius 1 is 1.14 bits per heavy atom. The number of esters is 1. The number of nitrogens with zero attached hydrogens (tertiary/aromatic N) is 2. The van der Waals surface area contributed by atoms with E-state index < -0.39 is 24.0 Å². The van der Waals surface area contributed by atoms with Gasteiger partial charge in [0.25, 0.3) is 0 Å². The van der Waals surface area contributed by atoms with Crippen LogP contribution in [0.1, 0.15) is 32.1 Å². The molecule has 0 aliphatic rings. The molecule has 0 aliphatic heterocycles. The van der Waals surface area contributed by atoms with Crippen LogP contribution in [0.15, 0.2) is 28.8 Å². The number of carboxylic acid groups (broad SMARTS) is 2. The number of benzene rings is 1. The highest BCUT2D eigenvalue weighted by atomic mass is 16.5. The number of fused-ring (bicyclic) bond motifs is 1. The van der Waals surface area contributed by atoms with E-state index in [1.54, 1.807) is 24.3 Å². The van der Waals surface area contributed by atoms with Gasteiger partial charge in [0.15, 0.2) is 11.7 Å². The van der Waals surface area contributed by atoms with E-state index in [-0.39, 0.29) is 12.3 Å². The van der Waals surface area contributed by atoms with Crippen LogP contribution in [-0.4, -0.2) is 69.5 Å². The minimum absolute atomic E-state index is 0.198. The van der Waals surface area contributed by atoms with Gasteiger partial charge >= 0.3 is 17.9 Å². The lowest BCUT2D eigenvalue weighted by atomic mass is 10.1. The molecule has 154 valence electrons. The molecule has 10 nitrogen and oxygen atoms in total. The summed E-state index contributed by atoms with van der Waals surface area (Å²) in [6.07, 6.45) is -0.684. The van der Waals surface area contributed by atoms with Gasteiger partial charge in [-0.25, -0.2) is 14.4 Å². The largest absolute Gasteiger partial charge is 0.473 e. The first-order chi connectivity index (χ1) is 13.3. The fraction of sp³-hybridized carbons (Fsp3) is 0.444. The summed E-state index contributed by atoms with van der Waals surface area (Å²) >= 11 is 0. The quantitative estimate of drug-likeness (QED) is 0.338. The van der Waals surface area contributed by atoms with Crippen LogP contribution in [0.25, 0.3) is 11.0 Å². The van der Waals surface area contributed by atoms with E-state index in [0.29, 0.717) is 11.0 Å². The van der Waals surface area contributed by atoms with Gasteiger partial charge in [-0.05, 0) is 31.6 Å². The summed E-state index contributed by atoms with van der Waals surface area (Å²) in [6.45, 7) is 7.27. The van der Waals surface area contributed by atoms with Crippen molar-refractivity contribution >= 4 is 28.9 Å². The van der Waals surface area contributed by atoms with Crippen LogP contribution in [-0.2, 0) is 19.1 Å².